The fourth-order valence-electron chi connectivity index (χ4n) is 2.62. The predicted molar refractivity (Wildman–Crippen MR) is 75.9 cm³/mol. The lowest BCUT2D eigenvalue weighted by atomic mass is 10.1. The summed E-state index contributed by atoms with van der Waals surface area (Å²) >= 11 is 0. The number of rotatable bonds is 2. The van der Waals surface area contributed by atoms with Crippen molar-refractivity contribution in [2.75, 3.05) is 13.1 Å². The van der Waals surface area contributed by atoms with E-state index in [9.17, 15) is 13.2 Å². The third kappa shape index (κ3) is 2.29. The molecule has 3 rings (SSSR count). The topological polar surface area (TPSA) is 66.8 Å². The molecule has 0 saturated carbocycles. The van der Waals surface area contributed by atoms with Gasteiger partial charge in [0.05, 0.1) is 5.69 Å². The number of piperidine rings is 1. The summed E-state index contributed by atoms with van der Waals surface area (Å²) in [5, 5.41) is 0. The Bertz CT molecular complexity index is 670. The van der Waals surface area contributed by atoms with Gasteiger partial charge in [0.15, 0.2) is 0 Å². The maximum atomic E-state index is 12.7. The zero-order valence-corrected chi connectivity index (χ0v) is 11.9. The van der Waals surface area contributed by atoms with Gasteiger partial charge < -0.3 is 0 Å². The van der Waals surface area contributed by atoms with Crippen LogP contribution < -0.4 is 0 Å². The number of nitrogens with zero attached hydrogens (tertiary/aromatic N) is 2. The molecule has 6 heteroatoms. The van der Waals surface area contributed by atoms with E-state index in [1.807, 2.05) is 6.07 Å². The van der Waals surface area contributed by atoms with Gasteiger partial charge in [-0.05, 0) is 24.5 Å². The van der Waals surface area contributed by atoms with Gasteiger partial charge >= 0.3 is 0 Å². The van der Waals surface area contributed by atoms with E-state index in [2.05, 4.69) is 4.99 Å². The van der Waals surface area contributed by atoms with Gasteiger partial charge in [-0.1, -0.05) is 12.1 Å². The molecule has 5 nitrogen and oxygen atoms in total. The molecule has 1 saturated heterocycles. The molecule has 1 aromatic rings. The van der Waals surface area contributed by atoms with Gasteiger partial charge in [0, 0.05) is 32.1 Å². The van der Waals surface area contributed by atoms with Crippen LogP contribution in [0.15, 0.2) is 28.1 Å². The second-order valence-electron chi connectivity index (χ2n) is 5.06. The van der Waals surface area contributed by atoms with E-state index >= 15 is 0 Å². The first kappa shape index (κ1) is 13.5. The van der Waals surface area contributed by atoms with Crippen molar-refractivity contribution in [2.24, 2.45) is 4.99 Å². The number of carbonyl (C=O) groups is 1. The Morgan fingerprint density at radius 1 is 1.10 bits per heavy atom. The molecule has 0 radical (unpaired) electrons. The summed E-state index contributed by atoms with van der Waals surface area (Å²) in [6.07, 6.45) is 4.03. The molecule has 2 aliphatic rings. The third-order valence-electron chi connectivity index (χ3n) is 3.74. The normalized spacial score (nSPS) is 19.9. The van der Waals surface area contributed by atoms with E-state index < -0.39 is 10.0 Å². The summed E-state index contributed by atoms with van der Waals surface area (Å²) in [6.45, 7) is 0.545. The Labute approximate surface area is 118 Å². The Kier molecular flexibility index (Phi) is 3.43. The highest BCUT2D eigenvalue weighted by Gasteiger charge is 2.31. The quantitative estimate of drug-likeness (QED) is 0.833. The Balaban J connectivity index is 2.00. The average Bonchev–Trinajstić information content (AvgIpc) is 2.47. The lowest BCUT2D eigenvalue weighted by molar-refractivity contribution is -0.120. The molecule has 0 spiro atoms. The van der Waals surface area contributed by atoms with Gasteiger partial charge in [-0.3, -0.25) is 9.79 Å². The molecule has 2 aliphatic heterocycles. The molecule has 0 aromatic heterocycles. The molecule has 2 heterocycles. The van der Waals surface area contributed by atoms with Crippen LogP contribution in [0.2, 0.25) is 0 Å². The van der Waals surface area contributed by atoms with E-state index in [0.717, 1.165) is 18.4 Å². The molecule has 1 aromatic carbocycles. The first-order valence-electron chi connectivity index (χ1n) is 6.75. The average molecular weight is 292 g/mol. The minimum atomic E-state index is -3.56. The van der Waals surface area contributed by atoms with Gasteiger partial charge in [-0.2, -0.15) is 4.31 Å². The monoisotopic (exact) mass is 292 g/mol. The summed E-state index contributed by atoms with van der Waals surface area (Å²) in [5.74, 6) is 0.129. The SMILES string of the molecule is O=C1CCN(S(=O)(=O)c2cccc3c2N=CCC3)CC1. The molecule has 1 fully saturated rings. The first-order valence-corrected chi connectivity index (χ1v) is 8.19. The highest BCUT2D eigenvalue weighted by molar-refractivity contribution is 7.89. The fourth-order valence-corrected chi connectivity index (χ4v) is 4.24. The van der Waals surface area contributed by atoms with Crippen LogP contribution in [0.3, 0.4) is 0 Å². The van der Waals surface area contributed by atoms with Gasteiger partial charge in [-0.25, -0.2) is 8.42 Å². The van der Waals surface area contributed by atoms with Gasteiger partial charge in [0.1, 0.15) is 10.7 Å². The molecule has 0 aliphatic carbocycles. The van der Waals surface area contributed by atoms with E-state index in [1.165, 1.54) is 4.31 Å². The van der Waals surface area contributed by atoms with Crippen LogP contribution in [0.4, 0.5) is 5.69 Å². The fraction of sp³-hybridized carbons (Fsp3) is 0.429. The number of hydrogen-bond acceptors (Lipinski definition) is 4. The third-order valence-corrected chi connectivity index (χ3v) is 5.67. The number of aryl methyl sites for hydroxylation is 1. The van der Waals surface area contributed by atoms with Crippen molar-refractivity contribution in [1.29, 1.82) is 0 Å². The van der Waals surface area contributed by atoms with Crippen molar-refractivity contribution in [3.8, 4) is 0 Å². The van der Waals surface area contributed by atoms with Crippen molar-refractivity contribution in [2.45, 2.75) is 30.6 Å². The first-order chi connectivity index (χ1) is 9.59. The standard InChI is InChI=1S/C14H16N2O3S/c17-12-6-9-16(10-7-12)20(18,19)13-5-1-3-11-4-2-8-15-14(11)13/h1,3,5,8H,2,4,6-7,9-10H2. The van der Waals surface area contributed by atoms with Crippen molar-refractivity contribution in [3.05, 3.63) is 23.8 Å². The van der Waals surface area contributed by atoms with Crippen LogP contribution in [-0.2, 0) is 21.2 Å². The number of hydrogen-bond donors (Lipinski definition) is 0. The molecule has 0 unspecified atom stereocenters. The summed E-state index contributed by atoms with van der Waals surface area (Å²) in [5.41, 5.74) is 1.54. The van der Waals surface area contributed by atoms with E-state index in [0.29, 0.717) is 18.5 Å². The Morgan fingerprint density at radius 3 is 2.60 bits per heavy atom. The number of para-hydroxylation sites is 1. The maximum absolute atomic E-state index is 12.7. The summed E-state index contributed by atoms with van der Waals surface area (Å²) < 4.78 is 26.8. The molecular weight excluding hydrogens is 276 g/mol. The lowest BCUT2D eigenvalue weighted by Crippen LogP contribution is -2.38. The molecule has 0 amide bonds. The number of ketones is 1. The maximum Gasteiger partial charge on any atom is 0.245 e. The minimum Gasteiger partial charge on any atom is -0.300 e. The van der Waals surface area contributed by atoms with Crippen LogP contribution in [0.1, 0.15) is 24.8 Å². The zero-order valence-electron chi connectivity index (χ0n) is 11.1. The van der Waals surface area contributed by atoms with Crippen LogP contribution in [0.25, 0.3) is 0 Å². The minimum absolute atomic E-state index is 0.129. The Hall–Kier alpha value is -1.53. The number of benzene rings is 1. The molecular formula is C14H16N2O3S. The van der Waals surface area contributed by atoms with Crippen LogP contribution >= 0.6 is 0 Å². The smallest absolute Gasteiger partial charge is 0.245 e. The Morgan fingerprint density at radius 2 is 1.85 bits per heavy atom. The number of carbonyl (C=O) groups excluding carboxylic acids is 1. The second-order valence-corrected chi connectivity index (χ2v) is 6.96. The zero-order chi connectivity index (χ0) is 14.2. The van der Waals surface area contributed by atoms with Crippen LogP contribution in [0, 0.1) is 0 Å². The van der Waals surface area contributed by atoms with Gasteiger partial charge in [0.25, 0.3) is 0 Å². The number of Topliss-reactive ketones (excluding diaryl/α,β-unsaturated/α-hetero) is 1. The summed E-state index contributed by atoms with van der Waals surface area (Å²) in [6, 6.07) is 5.29. The number of aliphatic imine (C=N–C) groups is 1. The number of fused-ring (bicyclic) bond motifs is 1. The highest BCUT2D eigenvalue weighted by atomic mass is 32.2. The molecule has 106 valence electrons. The highest BCUT2D eigenvalue weighted by Crippen LogP contribution is 2.33. The molecule has 0 N–H and O–H groups in total. The van der Waals surface area contributed by atoms with Gasteiger partial charge in [-0.15, -0.1) is 0 Å². The van der Waals surface area contributed by atoms with Gasteiger partial charge in [0.2, 0.25) is 10.0 Å². The van der Waals surface area contributed by atoms with E-state index in [-0.39, 0.29) is 23.8 Å². The van der Waals surface area contributed by atoms with E-state index in [4.69, 9.17) is 0 Å². The van der Waals surface area contributed by atoms with Crippen molar-refractivity contribution in [3.63, 3.8) is 0 Å². The van der Waals surface area contributed by atoms with E-state index in [1.54, 1.807) is 18.3 Å². The van der Waals surface area contributed by atoms with Crippen LogP contribution in [0.5, 0.6) is 0 Å². The van der Waals surface area contributed by atoms with Crippen molar-refractivity contribution < 1.29 is 13.2 Å². The van der Waals surface area contributed by atoms with Crippen molar-refractivity contribution >= 4 is 27.7 Å². The molecule has 0 atom stereocenters. The van der Waals surface area contributed by atoms with Crippen LogP contribution in [-0.4, -0.2) is 37.8 Å². The largest absolute Gasteiger partial charge is 0.300 e. The molecule has 0 bridgehead atoms. The predicted octanol–water partition coefficient (Wildman–Crippen LogP) is 1.69. The summed E-state index contributed by atoms with van der Waals surface area (Å²) in [4.78, 5) is 15.8. The summed E-state index contributed by atoms with van der Waals surface area (Å²) in [7, 11) is -3.56. The second kappa shape index (κ2) is 5.10. The number of sulfonamides is 1. The van der Waals surface area contributed by atoms with Crippen molar-refractivity contribution in [1.82, 2.24) is 4.31 Å². The molecule has 20 heavy (non-hydrogen) atoms. The lowest BCUT2D eigenvalue weighted by Gasteiger charge is -2.26.